The van der Waals surface area contributed by atoms with Crippen molar-refractivity contribution in [2.75, 3.05) is 5.73 Å². The molecular formula is C17H14N4. The molecule has 3 aromatic rings. The number of hydrogen-bond acceptors (Lipinski definition) is 3. The minimum Gasteiger partial charge on any atom is -0.398 e. The number of nitrogens with two attached hydrogens (primary N) is 1. The molecule has 4 nitrogen and oxygen atoms in total. The van der Waals surface area contributed by atoms with E-state index in [0.717, 1.165) is 22.4 Å². The number of nitriles is 1. The zero-order chi connectivity index (χ0) is 14.8. The molecule has 0 radical (unpaired) electrons. The number of benzene rings is 2. The van der Waals surface area contributed by atoms with Crippen molar-refractivity contribution in [3.05, 3.63) is 66.0 Å². The number of nitrogen functional groups attached to an aromatic ring is 1. The molecule has 1 aromatic heterocycles. The van der Waals surface area contributed by atoms with E-state index in [-0.39, 0.29) is 0 Å². The van der Waals surface area contributed by atoms with Crippen LogP contribution >= 0.6 is 0 Å². The minimum atomic E-state index is 0.602. The normalized spacial score (nSPS) is 10.3. The van der Waals surface area contributed by atoms with Crippen molar-refractivity contribution in [3.8, 4) is 22.9 Å². The molecule has 21 heavy (non-hydrogen) atoms. The van der Waals surface area contributed by atoms with Crippen LogP contribution in [0.1, 0.15) is 11.1 Å². The van der Waals surface area contributed by atoms with E-state index in [1.807, 2.05) is 49.5 Å². The monoisotopic (exact) mass is 274 g/mol. The van der Waals surface area contributed by atoms with Crippen molar-refractivity contribution in [2.24, 2.45) is 0 Å². The molecule has 0 amide bonds. The van der Waals surface area contributed by atoms with Crippen LogP contribution in [-0.4, -0.2) is 9.78 Å². The number of aromatic nitrogens is 2. The van der Waals surface area contributed by atoms with E-state index >= 15 is 0 Å². The summed E-state index contributed by atoms with van der Waals surface area (Å²) < 4.78 is 1.73. The summed E-state index contributed by atoms with van der Waals surface area (Å²) in [6, 6.07) is 15.5. The van der Waals surface area contributed by atoms with Gasteiger partial charge in [0.25, 0.3) is 0 Å². The maximum atomic E-state index is 9.26. The Morgan fingerprint density at radius 3 is 2.71 bits per heavy atom. The first-order valence-corrected chi connectivity index (χ1v) is 6.60. The first kappa shape index (κ1) is 12.9. The van der Waals surface area contributed by atoms with Gasteiger partial charge < -0.3 is 5.73 Å². The van der Waals surface area contributed by atoms with E-state index in [1.54, 1.807) is 16.9 Å². The summed E-state index contributed by atoms with van der Waals surface area (Å²) >= 11 is 0. The van der Waals surface area contributed by atoms with Crippen molar-refractivity contribution in [3.63, 3.8) is 0 Å². The van der Waals surface area contributed by atoms with Crippen LogP contribution in [0.2, 0.25) is 0 Å². The summed E-state index contributed by atoms with van der Waals surface area (Å²) in [5.74, 6) is 0. The standard InChI is InChI=1S/C17H14N4/c1-12-5-4-6-13(9-18)17(12)21-11-14(10-20-21)15-7-2-3-8-16(15)19/h2-8,10-11H,19H2,1H3. The van der Waals surface area contributed by atoms with Crippen LogP contribution in [-0.2, 0) is 0 Å². The van der Waals surface area contributed by atoms with Gasteiger partial charge in [0.1, 0.15) is 6.07 Å². The van der Waals surface area contributed by atoms with Gasteiger partial charge in [-0.25, -0.2) is 4.68 Å². The van der Waals surface area contributed by atoms with Crippen LogP contribution in [0.4, 0.5) is 5.69 Å². The van der Waals surface area contributed by atoms with Crippen molar-refractivity contribution >= 4 is 5.69 Å². The first-order chi connectivity index (χ1) is 10.2. The van der Waals surface area contributed by atoms with E-state index in [4.69, 9.17) is 5.73 Å². The molecule has 0 aliphatic rings. The third kappa shape index (κ3) is 2.26. The minimum absolute atomic E-state index is 0.602. The molecule has 102 valence electrons. The molecule has 2 N–H and O–H groups in total. The molecule has 2 aromatic carbocycles. The van der Waals surface area contributed by atoms with E-state index in [2.05, 4.69) is 11.2 Å². The fraction of sp³-hybridized carbons (Fsp3) is 0.0588. The second-order valence-corrected chi connectivity index (χ2v) is 4.84. The summed E-state index contributed by atoms with van der Waals surface area (Å²) in [6.07, 6.45) is 3.66. The Morgan fingerprint density at radius 1 is 1.14 bits per heavy atom. The van der Waals surface area contributed by atoms with Gasteiger partial charge in [0.05, 0.1) is 17.4 Å². The predicted molar refractivity (Wildman–Crippen MR) is 82.9 cm³/mol. The quantitative estimate of drug-likeness (QED) is 0.729. The number of rotatable bonds is 2. The van der Waals surface area contributed by atoms with Crippen LogP contribution in [0, 0.1) is 18.3 Å². The van der Waals surface area contributed by atoms with E-state index in [0.29, 0.717) is 11.3 Å². The maximum Gasteiger partial charge on any atom is 0.101 e. The third-order valence-electron chi connectivity index (χ3n) is 3.44. The Kier molecular flexibility index (Phi) is 3.17. The molecule has 0 aliphatic carbocycles. The Labute approximate surface area is 123 Å². The van der Waals surface area contributed by atoms with Gasteiger partial charge in [-0.05, 0) is 24.6 Å². The summed E-state index contributed by atoms with van der Waals surface area (Å²) in [5, 5.41) is 13.6. The number of nitrogens with zero attached hydrogens (tertiary/aromatic N) is 3. The van der Waals surface area contributed by atoms with Gasteiger partial charge in [0, 0.05) is 23.0 Å². The highest BCUT2D eigenvalue weighted by Crippen LogP contribution is 2.27. The molecule has 0 aliphatic heterocycles. The molecule has 0 atom stereocenters. The van der Waals surface area contributed by atoms with Crippen LogP contribution < -0.4 is 5.73 Å². The van der Waals surface area contributed by atoms with Gasteiger partial charge in [-0.2, -0.15) is 10.4 Å². The summed E-state index contributed by atoms with van der Waals surface area (Å²) in [7, 11) is 0. The number of anilines is 1. The largest absolute Gasteiger partial charge is 0.398 e. The van der Waals surface area contributed by atoms with Gasteiger partial charge >= 0.3 is 0 Å². The van der Waals surface area contributed by atoms with Gasteiger partial charge in [-0.3, -0.25) is 0 Å². The summed E-state index contributed by atoms with van der Waals surface area (Å²) in [5.41, 5.74) is 11.0. The number of aryl methyl sites for hydroxylation is 1. The summed E-state index contributed by atoms with van der Waals surface area (Å²) in [4.78, 5) is 0. The molecule has 4 heteroatoms. The Hall–Kier alpha value is -3.06. The second kappa shape index (κ2) is 5.14. The van der Waals surface area contributed by atoms with Gasteiger partial charge in [-0.1, -0.05) is 30.3 Å². The number of hydrogen-bond donors (Lipinski definition) is 1. The smallest absolute Gasteiger partial charge is 0.101 e. The van der Waals surface area contributed by atoms with Crippen molar-refractivity contribution in [1.29, 1.82) is 5.26 Å². The van der Waals surface area contributed by atoms with Crippen LogP contribution in [0.5, 0.6) is 0 Å². The van der Waals surface area contributed by atoms with Crippen LogP contribution in [0.15, 0.2) is 54.9 Å². The van der Waals surface area contributed by atoms with Gasteiger partial charge in [0.2, 0.25) is 0 Å². The lowest BCUT2D eigenvalue weighted by molar-refractivity contribution is 0.869. The highest BCUT2D eigenvalue weighted by molar-refractivity contribution is 5.75. The SMILES string of the molecule is Cc1cccc(C#N)c1-n1cc(-c2ccccc2N)cn1. The van der Waals surface area contributed by atoms with Crippen LogP contribution in [0.25, 0.3) is 16.8 Å². The van der Waals surface area contributed by atoms with E-state index in [9.17, 15) is 5.26 Å². The Balaban J connectivity index is 2.12. The van der Waals surface area contributed by atoms with Crippen molar-refractivity contribution < 1.29 is 0 Å². The fourth-order valence-electron chi connectivity index (χ4n) is 2.40. The van der Waals surface area contributed by atoms with Gasteiger partial charge in [0.15, 0.2) is 0 Å². The summed E-state index contributed by atoms with van der Waals surface area (Å²) in [6.45, 7) is 1.97. The predicted octanol–water partition coefficient (Wildman–Crippen LogP) is 3.30. The van der Waals surface area contributed by atoms with Crippen molar-refractivity contribution in [2.45, 2.75) is 6.92 Å². The van der Waals surface area contributed by atoms with Crippen molar-refractivity contribution in [1.82, 2.24) is 9.78 Å². The Morgan fingerprint density at radius 2 is 1.95 bits per heavy atom. The van der Waals surface area contributed by atoms with E-state index in [1.165, 1.54) is 0 Å². The lowest BCUT2D eigenvalue weighted by Gasteiger charge is -2.07. The maximum absolute atomic E-state index is 9.26. The highest BCUT2D eigenvalue weighted by Gasteiger charge is 2.11. The molecule has 0 spiro atoms. The highest BCUT2D eigenvalue weighted by atomic mass is 15.3. The molecule has 0 unspecified atom stereocenters. The number of para-hydroxylation sites is 2. The molecule has 1 heterocycles. The first-order valence-electron chi connectivity index (χ1n) is 6.60. The average Bonchev–Trinajstić information content (AvgIpc) is 2.96. The lowest BCUT2D eigenvalue weighted by Crippen LogP contribution is -2.00. The topological polar surface area (TPSA) is 67.6 Å². The molecule has 0 saturated heterocycles. The lowest BCUT2D eigenvalue weighted by atomic mass is 10.1. The molecule has 0 saturated carbocycles. The fourth-order valence-corrected chi connectivity index (χ4v) is 2.40. The van der Waals surface area contributed by atoms with Crippen LogP contribution in [0.3, 0.4) is 0 Å². The molecule has 3 rings (SSSR count). The molecular weight excluding hydrogens is 260 g/mol. The van der Waals surface area contributed by atoms with E-state index < -0.39 is 0 Å². The third-order valence-corrected chi connectivity index (χ3v) is 3.44. The molecule has 0 bridgehead atoms. The second-order valence-electron chi connectivity index (χ2n) is 4.84. The average molecular weight is 274 g/mol. The van der Waals surface area contributed by atoms with Gasteiger partial charge in [-0.15, -0.1) is 0 Å². The zero-order valence-corrected chi connectivity index (χ0v) is 11.6. The zero-order valence-electron chi connectivity index (χ0n) is 11.6. The molecule has 0 fully saturated rings. The Bertz CT molecular complexity index is 840.